The molecule has 0 aliphatic carbocycles. The number of hydrogen-bond donors (Lipinski definition) is 2. The zero-order valence-corrected chi connectivity index (χ0v) is 24.5. The third kappa shape index (κ3) is 6.68. The number of methoxy groups -OCH3 is 1. The maximum absolute atomic E-state index is 13.4. The van der Waals surface area contributed by atoms with Gasteiger partial charge < -0.3 is 20.1 Å². The Hall–Kier alpha value is -2.38. The highest BCUT2D eigenvalue weighted by Crippen LogP contribution is 2.40. The molecule has 0 fully saturated rings. The smallest absolute Gasteiger partial charge is 0.182 e. The fourth-order valence-corrected chi connectivity index (χ4v) is 4.30. The van der Waals surface area contributed by atoms with E-state index in [4.69, 9.17) is 20.6 Å². The number of fused-ring (bicyclic) bond motifs is 1. The molecule has 36 heavy (non-hydrogen) atoms. The van der Waals surface area contributed by atoms with Crippen molar-refractivity contribution in [2.24, 2.45) is 5.73 Å². The van der Waals surface area contributed by atoms with Gasteiger partial charge in [-0.05, 0) is 59.5 Å². The molecule has 7 heteroatoms. The quantitative estimate of drug-likeness (QED) is 0.290. The molecule has 6 nitrogen and oxygen atoms in total. The molecule has 0 spiro atoms. The van der Waals surface area contributed by atoms with Crippen molar-refractivity contribution in [1.82, 2.24) is 4.90 Å². The number of benzene rings is 2. The summed E-state index contributed by atoms with van der Waals surface area (Å²) >= 11 is 0. The van der Waals surface area contributed by atoms with E-state index in [1.807, 2.05) is 11.0 Å². The summed E-state index contributed by atoms with van der Waals surface area (Å²) in [7, 11) is 1.60. The van der Waals surface area contributed by atoms with Crippen LogP contribution in [0.5, 0.6) is 11.5 Å². The summed E-state index contributed by atoms with van der Waals surface area (Å²) in [6.45, 7) is 14.7. The SMILES string of the molecule is Br.COc1cc(C(=O)CN2Cc3ccc(C(C)(C)C)cc3C2=N)cc(C(C)(C)C)c1OCCCCN. The van der Waals surface area contributed by atoms with Crippen molar-refractivity contribution in [1.29, 1.82) is 5.41 Å². The van der Waals surface area contributed by atoms with Crippen LogP contribution in [0.25, 0.3) is 0 Å². The van der Waals surface area contributed by atoms with E-state index in [9.17, 15) is 4.79 Å². The van der Waals surface area contributed by atoms with Gasteiger partial charge in [-0.3, -0.25) is 10.2 Å². The monoisotopic (exact) mass is 559 g/mol. The number of Topliss-reactive ketones (excluding diaryl/α,β-unsaturated/α-hetero) is 1. The molecule has 2 aromatic rings. The lowest BCUT2D eigenvalue weighted by atomic mass is 9.84. The van der Waals surface area contributed by atoms with Crippen LogP contribution < -0.4 is 15.2 Å². The van der Waals surface area contributed by atoms with Crippen LogP contribution in [0.3, 0.4) is 0 Å². The summed E-state index contributed by atoms with van der Waals surface area (Å²) in [5.74, 6) is 1.60. The summed E-state index contributed by atoms with van der Waals surface area (Å²) in [6, 6.07) is 10.0. The first-order valence-corrected chi connectivity index (χ1v) is 12.4. The molecule has 0 bridgehead atoms. The molecule has 1 heterocycles. The Kier molecular flexibility index (Phi) is 9.77. The van der Waals surface area contributed by atoms with Crippen molar-refractivity contribution in [3.8, 4) is 11.5 Å². The zero-order chi connectivity index (χ0) is 26.0. The van der Waals surface area contributed by atoms with E-state index < -0.39 is 0 Å². The number of nitrogens with one attached hydrogen (secondary N) is 1. The third-order valence-electron chi connectivity index (χ3n) is 6.49. The van der Waals surface area contributed by atoms with Gasteiger partial charge in [-0.15, -0.1) is 17.0 Å². The van der Waals surface area contributed by atoms with E-state index in [1.54, 1.807) is 13.2 Å². The van der Waals surface area contributed by atoms with E-state index >= 15 is 0 Å². The van der Waals surface area contributed by atoms with Crippen LogP contribution in [0.15, 0.2) is 30.3 Å². The van der Waals surface area contributed by atoms with Gasteiger partial charge >= 0.3 is 0 Å². The average Bonchev–Trinajstić information content (AvgIpc) is 3.09. The number of nitrogens with two attached hydrogens (primary N) is 1. The Bertz CT molecular complexity index is 1100. The van der Waals surface area contributed by atoms with Gasteiger partial charge in [0.05, 0.1) is 20.3 Å². The molecule has 0 saturated carbocycles. The molecule has 0 saturated heterocycles. The molecule has 3 N–H and O–H groups in total. The van der Waals surface area contributed by atoms with Crippen LogP contribution in [-0.4, -0.2) is 43.3 Å². The van der Waals surface area contributed by atoms with Gasteiger partial charge in [-0.25, -0.2) is 0 Å². The number of rotatable bonds is 9. The van der Waals surface area contributed by atoms with Crippen molar-refractivity contribution < 1.29 is 14.3 Å². The molecule has 3 rings (SSSR count). The standard InChI is InChI=1S/C29H41N3O3.BrH/c1-28(2,3)21-11-10-19-17-32(27(31)22(19)16-21)18-24(33)20-14-23(29(4,5)6)26(25(15-20)34-7)35-13-9-8-12-30;/h10-11,14-16,31H,8-9,12-13,17-18,30H2,1-7H3;1H. The molecule has 0 unspecified atom stereocenters. The van der Waals surface area contributed by atoms with Crippen LogP contribution in [0.4, 0.5) is 0 Å². The molecule has 0 radical (unpaired) electrons. The number of unbranched alkanes of at least 4 members (excludes halogenated alkanes) is 1. The van der Waals surface area contributed by atoms with Gasteiger partial charge in [0.15, 0.2) is 17.3 Å². The third-order valence-corrected chi connectivity index (χ3v) is 6.49. The number of nitrogens with zero attached hydrogens (tertiary/aromatic N) is 1. The number of hydrogen-bond acceptors (Lipinski definition) is 5. The Morgan fingerprint density at radius 1 is 1.06 bits per heavy atom. The summed E-state index contributed by atoms with van der Waals surface area (Å²) in [6.07, 6.45) is 1.75. The van der Waals surface area contributed by atoms with Crippen LogP contribution in [0, 0.1) is 5.41 Å². The van der Waals surface area contributed by atoms with E-state index in [1.165, 1.54) is 5.56 Å². The van der Waals surface area contributed by atoms with E-state index in [2.05, 4.69) is 59.7 Å². The molecular formula is C29H42BrN3O3. The Morgan fingerprint density at radius 3 is 2.33 bits per heavy atom. The van der Waals surface area contributed by atoms with Crippen molar-refractivity contribution >= 4 is 28.6 Å². The van der Waals surface area contributed by atoms with E-state index in [0.717, 1.165) is 29.5 Å². The molecular weight excluding hydrogens is 518 g/mol. The second-order valence-electron chi connectivity index (χ2n) is 11.4. The van der Waals surface area contributed by atoms with Crippen LogP contribution in [-0.2, 0) is 17.4 Å². The van der Waals surface area contributed by atoms with Crippen LogP contribution in [0.2, 0.25) is 0 Å². The summed E-state index contributed by atoms with van der Waals surface area (Å²) < 4.78 is 11.8. The first-order valence-electron chi connectivity index (χ1n) is 12.4. The molecule has 1 aliphatic rings. The number of ether oxygens (including phenoxy) is 2. The molecule has 198 valence electrons. The predicted molar refractivity (Wildman–Crippen MR) is 153 cm³/mol. The highest BCUT2D eigenvalue weighted by Gasteiger charge is 2.30. The van der Waals surface area contributed by atoms with E-state index in [0.29, 0.717) is 42.6 Å². The molecule has 2 aromatic carbocycles. The Balaban J connectivity index is 0.00000456. The van der Waals surface area contributed by atoms with Crippen molar-refractivity contribution in [3.05, 3.63) is 58.1 Å². The fraction of sp³-hybridized carbons (Fsp3) is 0.517. The van der Waals surface area contributed by atoms with Crippen molar-refractivity contribution in [2.75, 3.05) is 26.8 Å². The average molecular weight is 561 g/mol. The highest BCUT2D eigenvalue weighted by molar-refractivity contribution is 8.93. The van der Waals surface area contributed by atoms with Crippen LogP contribution in [0.1, 0.15) is 87.0 Å². The zero-order valence-electron chi connectivity index (χ0n) is 22.8. The highest BCUT2D eigenvalue weighted by atomic mass is 79.9. The van der Waals surface area contributed by atoms with Gasteiger partial charge in [0.2, 0.25) is 0 Å². The second kappa shape index (κ2) is 11.8. The van der Waals surface area contributed by atoms with Gasteiger partial charge in [0, 0.05) is 23.2 Å². The minimum Gasteiger partial charge on any atom is -0.493 e. The topological polar surface area (TPSA) is 88.6 Å². The lowest BCUT2D eigenvalue weighted by Crippen LogP contribution is -2.30. The largest absolute Gasteiger partial charge is 0.493 e. The first kappa shape index (κ1) is 29.8. The van der Waals surface area contributed by atoms with Crippen LogP contribution >= 0.6 is 17.0 Å². The maximum atomic E-state index is 13.4. The number of carbonyl (C=O) groups excluding carboxylic acids is 1. The van der Waals surface area contributed by atoms with Gasteiger partial charge in [0.1, 0.15) is 5.84 Å². The van der Waals surface area contributed by atoms with Gasteiger partial charge in [-0.2, -0.15) is 0 Å². The van der Waals surface area contributed by atoms with Crippen molar-refractivity contribution in [2.45, 2.75) is 71.8 Å². The number of ketones is 1. The Morgan fingerprint density at radius 2 is 1.75 bits per heavy atom. The molecule has 1 aliphatic heterocycles. The summed E-state index contributed by atoms with van der Waals surface area (Å²) in [5.41, 5.74) is 10.1. The number of halogens is 1. The van der Waals surface area contributed by atoms with E-state index in [-0.39, 0.29) is 40.1 Å². The Labute approximate surface area is 226 Å². The van der Waals surface area contributed by atoms with Gasteiger partial charge in [-0.1, -0.05) is 53.7 Å². The molecule has 0 amide bonds. The summed E-state index contributed by atoms with van der Waals surface area (Å²) in [4.78, 5) is 15.3. The normalized spacial score (nSPS) is 13.3. The maximum Gasteiger partial charge on any atom is 0.182 e. The lowest BCUT2D eigenvalue weighted by molar-refractivity contribution is 0.0962. The predicted octanol–water partition coefficient (Wildman–Crippen LogP) is 6.01. The van der Waals surface area contributed by atoms with Gasteiger partial charge in [0.25, 0.3) is 0 Å². The lowest BCUT2D eigenvalue weighted by Gasteiger charge is -2.26. The minimum atomic E-state index is -0.243. The second-order valence-corrected chi connectivity index (χ2v) is 11.4. The minimum absolute atomic E-state index is 0. The number of amidine groups is 1. The first-order chi connectivity index (χ1) is 16.4. The van der Waals surface area contributed by atoms with Crippen molar-refractivity contribution in [3.63, 3.8) is 0 Å². The summed E-state index contributed by atoms with van der Waals surface area (Å²) in [5, 5.41) is 8.73. The molecule has 0 atom stereocenters. The fourth-order valence-electron chi connectivity index (χ4n) is 4.30. The number of carbonyl (C=O) groups is 1. The molecule has 0 aromatic heterocycles.